The van der Waals surface area contributed by atoms with Gasteiger partial charge in [0, 0.05) is 29.6 Å². The maximum absolute atomic E-state index is 12.0. The third-order valence-corrected chi connectivity index (χ3v) is 3.49. The molecule has 0 aromatic heterocycles. The summed E-state index contributed by atoms with van der Waals surface area (Å²) in [6, 6.07) is 6.51. The van der Waals surface area contributed by atoms with Gasteiger partial charge in [0.2, 0.25) is 0 Å². The summed E-state index contributed by atoms with van der Waals surface area (Å²) in [5.41, 5.74) is 0.979. The minimum Gasteiger partial charge on any atom is -0.481 e. The Labute approximate surface area is 128 Å². The first-order chi connectivity index (χ1) is 10.5. The van der Waals surface area contributed by atoms with E-state index in [0.717, 1.165) is 12.8 Å². The van der Waals surface area contributed by atoms with Crippen molar-refractivity contribution in [2.24, 2.45) is 0 Å². The van der Waals surface area contributed by atoms with Crippen LogP contribution in [-0.4, -0.2) is 35.0 Å². The summed E-state index contributed by atoms with van der Waals surface area (Å²) >= 11 is 0. The number of nitrogens with one attached hydrogen (secondary N) is 2. The summed E-state index contributed by atoms with van der Waals surface area (Å²) in [4.78, 5) is 34.3. The molecule has 2 rings (SSSR count). The lowest BCUT2D eigenvalue weighted by Gasteiger charge is -2.13. The fourth-order valence-electron chi connectivity index (χ4n) is 1.99. The zero-order valence-corrected chi connectivity index (χ0v) is 12.5. The van der Waals surface area contributed by atoms with Crippen molar-refractivity contribution in [2.45, 2.75) is 44.7 Å². The van der Waals surface area contributed by atoms with E-state index in [1.54, 1.807) is 31.2 Å². The van der Waals surface area contributed by atoms with E-state index >= 15 is 0 Å². The third-order valence-electron chi connectivity index (χ3n) is 3.49. The summed E-state index contributed by atoms with van der Waals surface area (Å²) in [7, 11) is 0. The highest BCUT2D eigenvalue weighted by Gasteiger charge is 2.23. The predicted octanol–water partition coefficient (Wildman–Crippen LogP) is 1.56. The Morgan fingerprint density at radius 3 is 2.18 bits per heavy atom. The molecule has 118 valence electrons. The lowest BCUT2D eigenvalue weighted by atomic mass is 10.1. The molecule has 1 saturated carbocycles. The van der Waals surface area contributed by atoms with Crippen molar-refractivity contribution >= 4 is 17.8 Å². The molecule has 2 amide bonds. The Morgan fingerprint density at radius 2 is 1.68 bits per heavy atom. The molecule has 6 nitrogen and oxygen atoms in total. The molecule has 1 aromatic carbocycles. The summed E-state index contributed by atoms with van der Waals surface area (Å²) in [6.07, 6.45) is 2.45. The number of aliphatic carboxylic acids is 1. The van der Waals surface area contributed by atoms with Crippen LogP contribution in [-0.2, 0) is 4.79 Å². The van der Waals surface area contributed by atoms with Gasteiger partial charge in [0.05, 0.1) is 0 Å². The first-order valence-electron chi connectivity index (χ1n) is 7.39. The van der Waals surface area contributed by atoms with Crippen LogP contribution in [0.3, 0.4) is 0 Å². The number of carbonyl (C=O) groups excluding carboxylic acids is 2. The molecule has 1 unspecified atom stereocenters. The monoisotopic (exact) mass is 304 g/mol. The van der Waals surface area contributed by atoms with Crippen molar-refractivity contribution in [3.8, 4) is 0 Å². The summed E-state index contributed by atoms with van der Waals surface area (Å²) < 4.78 is 0. The van der Waals surface area contributed by atoms with Gasteiger partial charge < -0.3 is 15.7 Å². The zero-order valence-electron chi connectivity index (χ0n) is 12.5. The van der Waals surface area contributed by atoms with Crippen LogP contribution < -0.4 is 10.6 Å². The lowest BCUT2D eigenvalue weighted by Crippen LogP contribution is -2.33. The molecule has 1 aliphatic carbocycles. The van der Waals surface area contributed by atoms with Crippen LogP contribution in [0, 0.1) is 0 Å². The van der Waals surface area contributed by atoms with E-state index in [4.69, 9.17) is 5.11 Å². The van der Waals surface area contributed by atoms with E-state index in [1.807, 2.05) is 0 Å². The van der Waals surface area contributed by atoms with Gasteiger partial charge in [0.25, 0.3) is 11.8 Å². The molecule has 0 saturated heterocycles. The topological polar surface area (TPSA) is 95.5 Å². The van der Waals surface area contributed by atoms with E-state index in [0.29, 0.717) is 23.6 Å². The van der Waals surface area contributed by atoms with Crippen molar-refractivity contribution < 1.29 is 19.5 Å². The highest BCUT2D eigenvalue weighted by atomic mass is 16.4. The number of hydrogen-bond donors (Lipinski definition) is 3. The quantitative estimate of drug-likeness (QED) is 0.712. The van der Waals surface area contributed by atoms with Gasteiger partial charge in [-0.05, 0) is 50.5 Å². The third kappa shape index (κ3) is 4.87. The molecule has 1 aliphatic rings. The highest BCUT2D eigenvalue weighted by molar-refractivity contribution is 5.98. The molecule has 1 aromatic rings. The number of hydrogen-bond acceptors (Lipinski definition) is 3. The second-order valence-corrected chi connectivity index (χ2v) is 5.63. The Morgan fingerprint density at radius 1 is 1.14 bits per heavy atom. The molecular weight excluding hydrogens is 284 g/mol. The number of carboxylic acid groups (broad SMARTS) is 1. The average Bonchev–Trinajstić information content (AvgIpc) is 3.29. The maximum Gasteiger partial charge on any atom is 0.303 e. The number of benzene rings is 1. The molecular formula is C16H20N2O4. The standard InChI is InChI=1S/C16H20N2O4/c1-10(2-9-14(19)20)17-15(21)11-3-5-12(6-4-11)16(22)18-13-7-8-13/h3-6,10,13H,2,7-9H2,1H3,(H,17,21)(H,18,22)(H,19,20). The van der Waals surface area contributed by atoms with Crippen LogP contribution in [0.4, 0.5) is 0 Å². The molecule has 0 bridgehead atoms. The average molecular weight is 304 g/mol. The molecule has 1 atom stereocenters. The number of rotatable bonds is 7. The van der Waals surface area contributed by atoms with Gasteiger partial charge in [0.15, 0.2) is 0 Å². The molecule has 0 spiro atoms. The van der Waals surface area contributed by atoms with Gasteiger partial charge in [-0.25, -0.2) is 0 Å². The molecule has 0 radical (unpaired) electrons. The lowest BCUT2D eigenvalue weighted by molar-refractivity contribution is -0.137. The van der Waals surface area contributed by atoms with E-state index < -0.39 is 5.97 Å². The Bertz CT molecular complexity index is 564. The molecule has 0 heterocycles. The second-order valence-electron chi connectivity index (χ2n) is 5.63. The van der Waals surface area contributed by atoms with E-state index in [9.17, 15) is 14.4 Å². The van der Waals surface area contributed by atoms with Crippen LogP contribution >= 0.6 is 0 Å². The number of carbonyl (C=O) groups is 3. The predicted molar refractivity (Wildman–Crippen MR) is 80.7 cm³/mol. The normalized spacial score (nSPS) is 15.0. The Balaban J connectivity index is 1.87. The summed E-state index contributed by atoms with van der Waals surface area (Å²) in [5.74, 6) is -1.27. The van der Waals surface area contributed by atoms with Crippen LogP contribution in [0.5, 0.6) is 0 Å². The summed E-state index contributed by atoms with van der Waals surface area (Å²) in [5, 5.41) is 14.2. The van der Waals surface area contributed by atoms with E-state index in [-0.39, 0.29) is 24.3 Å². The van der Waals surface area contributed by atoms with Crippen LogP contribution in [0.15, 0.2) is 24.3 Å². The van der Waals surface area contributed by atoms with Gasteiger partial charge in [0.1, 0.15) is 0 Å². The van der Waals surface area contributed by atoms with E-state index in [2.05, 4.69) is 10.6 Å². The Hall–Kier alpha value is -2.37. The number of carboxylic acids is 1. The smallest absolute Gasteiger partial charge is 0.303 e. The number of amides is 2. The fraction of sp³-hybridized carbons (Fsp3) is 0.438. The highest BCUT2D eigenvalue weighted by Crippen LogP contribution is 2.19. The van der Waals surface area contributed by atoms with E-state index in [1.165, 1.54) is 0 Å². The molecule has 1 fully saturated rings. The molecule has 3 N–H and O–H groups in total. The van der Waals surface area contributed by atoms with Crippen molar-refractivity contribution in [2.75, 3.05) is 0 Å². The maximum atomic E-state index is 12.0. The largest absolute Gasteiger partial charge is 0.481 e. The van der Waals surface area contributed by atoms with Gasteiger partial charge in [-0.3, -0.25) is 14.4 Å². The molecule has 0 aliphatic heterocycles. The van der Waals surface area contributed by atoms with Crippen molar-refractivity contribution in [1.82, 2.24) is 10.6 Å². The first kappa shape index (κ1) is 16.0. The zero-order chi connectivity index (χ0) is 16.1. The van der Waals surface area contributed by atoms with Gasteiger partial charge in [-0.2, -0.15) is 0 Å². The molecule has 22 heavy (non-hydrogen) atoms. The SMILES string of the molecule is CC(CCC(=O)O)NC(=O)c1ccc(C(=O)NC2CC2)cc1. The van der Waals surface area contributed by atoms with Crippen molar-refractivity contribution in [1.29, 1.82) is 0 Å². The van der Waals surface area contributed by atoms with Crippen LogP contribution in [0.25, 0.3) is 0 Å². The van der Waals surface area contributed by atoms with Crippen LogP contribution in [0.1, 0.15) is 53.3 Å². The first-order valence-corrected chi connectivity index (χ1v) is 7.39. The van der Waals surface area contributed by atoms with Crippen molar-refractivity contribution in [3.63, 3.8) is 0 Å². The molecule has 6 heteroatoms. The van der Waals surface area contributed by atoms with Gasteiger partial charge >= 0.3 is 5.97 Å². The fourth-order valence-corrected chi connectivity index (χ4v) is 1.99. The second kappa shape index (κ2) is 7.06. The summed E-state index contributed by atoms with van der Waals surface area (Å²) in [6.45, 7) is 1.76. The van der Waals surface area contributed by atoms with Crippen LogP contribution in [0.2, 0.25) is 0 Å². The Kier molecular flexibility index (Phi) is 5.14. The van der Waals surface area contributed by atoms with Gasteiger partial charge in [-0.1, -0.05) is 0 Å². The van der Waals surface area contributed by atoms with Crippen molar-refractivity contribution in [3.05, 3.63) is 35.4 Å². The van der Waals surface area contributed by atoms with Gasteiger partial charge in [-0.15, -0.1) is 0 Å². The minimum absolute atomic E-state index is 0.0156. The minimum atomic E-state index is -0.882.